The number of hydrogen-bond acceptors (Lipinski definition) is 15. The zero-order valence-corrected chi connectivity index (χ0v) is 39.6. The minimum Gasteiger partial charge on any atom is -0.493 e. The quantitative estimate of drug-likeness (QED) is 0.0537. The van der Waals surface area contributed by atoms with Gasteiger partial charge in [-0.2, -0.15) is 5.26 Å². The van der Waals surface area contributed by atoms with Crippen LogP contribution in [0.2, 0.25) is 0 Å². The molecular formula is C49H67N3O11S. The molecule has 15 heteroatoms. The maximum absolute atomic E-state index is 14.0. The van der Waals surface area contributed by atoms with E-state index in [9.17, 15) is 19.6 Å². The third-order valence-electron chi connectivity index (χ3n) is 13.7. The second-order valence-electron chi connectivity index (χ2n) is 17.9. The normalized spacial score (nSPS) is 24.5. The Morgan fingerprint density at radius 1 is 0.891 bits per heavy atom. The fourth-order valence-corrected chi connectivity index (χ4v) is 12.2. The van der Waals surface area contributed by atoms with Crippen molar-refractivity contribution in [1.29, 1.82) is 5.26 Å². The Balaban J connectivity index is 1.19. The Morgan fingerprint density at radius 3 is 2.20 bits per heavy atom. The summed E-state index contributed by atoms with van der Waals surface area (Å²) in [6.45, 7) is 7.15. The van der Waals surface area contributed by atoms with Crippen molar-refractivity contribution in [1.82, 2.24) is 9.80 Å². The van der Waals surface area contributed by atoms with Crippen LogP contribution in [0.15, 0.2) is 6.07 Å². The molecule has 6 heterocycles. The zero-order valence-electron chi connectivity index (χ0n) is 38.8. The van der Waals surface area contributed by atoms with E-state index in [1.807, 2.05) is 20.9 Å². The maximum atomic E-state index is 14.0. The number of hydrogen-bond donors (Lipinski definition) is 0. The van der Waals surface area contributed by atoms with Gasteiger partial charge in [0.15, 0.2) is 29.8 Å². The number of likely N-dealkylation sites (N-methyl/N-ethyl adjacent to an activating group) is 1. The van der Waals surface area contributed by atoms with Crippen LogP contribution < -0.4 is 23.7 Å². The molecule has 0 N–H and O–H groups in total. The summed E-state index contributed by atoms with van der Waals surface area (Å²) in [6.07, 6.45) is 15.1. The van der Waals surface area contributed by atoms with Gasteiger partial charge in [0.25, 0.3) is 0 Å². The molecule has 7 atom stereocenters. The fourth-order valence-electron chi connectivity index (χ4n) is 10.8. The van der Waals surface area contributed by atoms with Gasteiger partial charge in [-0.3, -0.25) is 19.4 Å². The van der Waals surface area contributed by atoms with Crippen LogP contribution in [0.3, 0.4) is 0 Å². The van der Waals surface area contributed by atoms with E-state index in [4.69, 9.17) is 37.9 Å². The molecule has 2 aromatic carbocycles. The number of piperazine rings is 1. The topological polar surface area (TPSA) is 155 Å². The van der Waals surface area contributed by atoms with Crippen LogP contribution in [0.1, 0.15) is 154 Å². The number of thioether (sulfide) groups is 1. The molecule has 64 heavy (non-hydrogen) atoms. The number of nitriles is 1. The zero-order chi connectivity index (χ0) is 45.5. The summed E-state index contributed by atoms with van der Waals surface area (Å²) in [5, 5.41) is 10.6. The Hall–Kier alpha value is -4.23. The highest BCUT2D eigenvalue weighted by molar-refractivity contribution is 7.99. The monoisotopic (exact) mass is 905 g/mol. The van der Waals surface area contributed by atoms with Crippen molar-refractivity contribution < 1.29 is 52.3 Å². The van der Waals surface area contributed by atoms with Crippen LogP contribution in [0.25, 0.3) is 0 Å². The molecule has 350 valence electrons. The molecule has 0 aliphatic carbocycles. The first-order chi connectivity index (χ1) is 31.1. The molecule has 0 aromatic heterocycles. The van der Waals surface area contributed by atoms with Crippen LogP contribution in [0, 0.1) is 25.2 Å². The SMILES string of the molecule is CCCCCCCCCCCCCCCC(=O)O[C@H]1CS[C@@H]2c3c(OC(C)=O)c(C)c4c(c3[C@@H](COC1=O)N1C2[C@@H]2c3c(cc(C)c(OC)c3OCOC)C[C@@H]([C@@H]1C#N)N2C)OCO4. The molecule has 6 aliphatic heterocycles. The molecule has 4 bridgehead atoms. The van der Waals surface area contributed by atoms with Crippen LogP contribution in [0.4, 0.5) is 0 Å². The number of carbonyl (C=O) groups is 3. The molecule has 6 aliphatic rings. The van der Waals surface area contributed by atoms with Gasteiger partial charge < -0.3 is 37.9 Å². The van der Waals surface area contributed by atoms with Gasteiger partial charge in [0, 0.05) is 60.5 Å². The summed E-state index contributed by atoms with van der Waals surface area (Å²) >= 11 is 1.41. The Labute approximate surface area is 382 Å². The second kappa shape index (κ2) is 21.8. The standard InChI is InChI=1S/C49H67N3O11S/c1-8-9-10-11-12-13-14-15-16-17-18-19-20-21-37(54)63-36-26-64-48-40-39(47-45(60-28-61-47)30(3)44(40)62-31(4)53)35(25-58-49(36)55)52-34(24-50)33-23-32-22-29(2)43(57-7)46(59-27-56-6)38(32)41(42(48)52)51(33)5/h22,33-36,41-42,48H,8-21,23,25-28H2,1-7H3/t33-,34-,35+,36-,41-,42?,48+/m0/s1. The van der Waals surface area contributed by atoms with Crippen molar-refractivity contribution in [3.05, 3.63) is 39.4 Å². The lowest BCUT2D eigenvalue weighted by atomic mass is 9.71. The minimum absolute atomic E-state index is 0.0213. The van der Waals surface area contributed by atoms with E-state index in [0.717, 1.165) is 36.0 Å². The van der Waals surface area contributed by atoms with Gasteiger partial charge in [-0.25, -0.2) is 4.79 Å². The van der Waals surface area contributed by atoms with Gasteiger partial charge in [-0.1, -0.05) is 90.0 Å². The molecule has 0 amide bonds. The first kappa shape index (κ1) is 47.7. The van der Waals surface area contributed by atoms with E-state index >= 15 is 0 Å². The number of ether oxygens (including phenoxy) is 8. The van der Waals surface area contributed by atoms with Crippen LogP contribution in [0.5, 0.6) is 28.7 Å². The highest BCUT2D eigenvalue weighted by Gasteiger charge is 2.61. The second-order valence-corrected chi connectivity index (χ2v) is 19.1. The van der Waals surface area contributed by atoms with Crippen molar-refractivity contribution in [2.75, 3.05) is 47.2 Å². The lowest BCUT2D eigenvalue weighted by Gasteiger charge is -2.61. The molecule has 0 radical (unpaired) electrons. The van der Waals surface area contributed by atoms with Gasteiger partial charge >= 0.3 is 17.9 Å². The van der Waals surface area contributed by atoms with Crippen molar-refractivity contribution in [2.24, 2.45) is 0 Å². The van der Waals surface area contributed by atoms with Crippen molar-refractivity contribution in [2.45, 2.75) is 166 Å². The highest BCUT2D eigenvalue weighted by atomic mass is 32.2. The van der Waals surface area contributed by atoms with E-state index in [1.54, 1.807) is 14.2 Å². The summed E-state index contributed by atoms with van der Waals surface area (Å²) in [6, 6.07) is 2.19. The summed E-state index contributed by atoms with van der Waals surface area (Å²) in [5.41, 5.74) is 4.76. The number of carbonyl (C=O) groups excluding carboxylic acids is 3. The molecule has 2 aromatic rings. The summed E-state index contributed by atoms with van der Waals surface area (Å²) in [4.78, 5) is 44.9. The summed E-state index contributed by atoms with van der Waals surface area (Å²) in [5.74, 6) is 0.818. The minimum atomic E-state index is -1.19. The van der Waals surface area contributed by atoms with Crippen molar-refractivity contribution >= 4 is 29.7 Å². The van der Waals surface area contributed by atoms with Crippen LogP contribution >= 0.6 is 11.8 Å². The molecule has 0 saturated carbocycles. The predicted octanol–water partition coefficient (Wildman–Crippen LogP) is 8.90. The van der Waals surface area contributed by atoms with E-state index in [1.165, 1.54) is 76.5 Å². The average Bonchev–Trinajstić information content (AvgIpc) is 3.77. The smallest absolute Gasteiger partial charge is 0.348 e. The molecule has 8 rings (SSSR count). The Kier molecular flexibility index (Phi) is 16.3. The van der Waals surface area contributed by atoms with Gasteiger partial charge in [-0.15, -0.1) is 11.8 Å². The molecular weight excluding hydrogens is 839 g/mol. The largest absolute Gasteiger partial charge is 0.493 e. The van der Waals surface area contributed by atoms with Crippen LogP contribution in [-0.4, -0.2) is 99.2 Å². The van der Waals surface area contributed by atoms with E-state index in [0.29, 0.717) is 58.3 Å². The number of methoxy groups -OCH3 is 2. The van der Waals surface area contributed by atoms with Gasteiger partial charge in [0.2, 0.25) is 12.9 Å². The summed E-state index contributed by atoms with van der Waals surface area (Å²) in [7, 11) is 5.21. The van der Waals surface area contributed by atoms with E-state index in [-0.39, 0.29) is 38.4 Å². The highest BCUT2D eigenvalue weighted by Crippen LogP contribution is 2.64. The third-order valence-corrected chi connectivity index (χ3v) is 15.1. The first-order valence-corrected chi connectivity index (χ1v) is 24.4. The summed E-state index contributed by atoms with van der Waals surface area (Å²) < 4.78 is 48.4. The lowest BCUT2D eigenvalue weighted by molar-refractivity contribution is -0.169. The average molecular weight is 906 g/mol. The van der Waals surface area contributed by atoms with Crippen molar-refractivity contribution in [3.63, 3.8) is 0 Å². The number of fused-ring (bicyclic) bond motifs is 10. The van der Waals surface area contributed by atoms with Gasteiger partial charge in [-0.05, 0) is 44.9 Å². The molecule has 2 fully saturated rings. The molecule has 14 nitrogen and oxygen atoms in total. The number of benzene rings is 2. The maximum Gasteiger partial charge on any atom is 0.348 e. The lowest BCUT2D eigenvalue weighted by Crippen LogP contribution is -2.69. The first-order valence-electron chi connectivity index (χ1n) is 23.4. The molecule has 2 saturated heterocycles. The van der Waals surface area contributed by atoms with E-state index in [2.05, 4.69) is 28.9 Å². The number of rotatable bonds is 20. The number of aryl methyl sites for hydroxylation is 1. The number of esters is 3. The fraction of sp³-hybridized carbons (Fsp3) is 0.673. The van der Waals surface area contributed by atoms with Gasteiger partial charge in [0.1, 0.15) is 18.4 Å². The van der Waals surface area contributed by atoms with E-state index < -0.39 is 53.4 Å². The number of unbranched alkanes of at least 4 members (excludes halogenated alkanes) is 12. The van der Waals surface area contributed by atoms with Crippen LogP contribution in [-0.2, 0) is 35.0 Å². The molecule has 1 unspecified atom stereocenters. The Bertz CT molecular complexity index is 2060. The third kappa shape index (κ3) is 9.67. The molecule has 0 spiro atoms. The number of nitrogens with zero attached hydrogens (tertiary/aromatic N) is 3. The van der Waals surface area contributed by atoms with Gasteiger partial charge in [0.05, 0.1) is 30.5 Å². The predicted molar refractivity (Wildman–Crippen MR) is 241 cm³/mol. The van der Waals surface area contributed by atoms with Crippen molar-refractivity contribution in [3.8, 4) is 34.8 Å². The Morgan fingerprint density at radius 2 is 1.56 bits per heavy atom.